The van der Waals surface area contributed by atoms with Crippen molar-refractivity contribution in [3.05, 3.63) is 34.1 Å². The highest BCUT2D eigenvalue weighted by molar-refractivity contribution is 5.46. The quantitative estimate of drug-likeness (QED) is 0.666. The zero-order valence-corrected chi connectivity index (χ0v) is 11.9. The number of nitro benzene ring substituents is 1. The van der Waals surface area contributed by atoms with E-state index < -0.39 is 10.7 Å². The molecule has 1 saturated carbocycles. The van der Waals surface area contributed by atoms with Crippen molar-refractivity contribution in [1.29, 1.82) is 0 Å². The van der Waals surface area contributed by atoms with Crippen molar-refractivity contribution in [3.8, 4) is 5.75 Å². The van der Waals surface area contributed by atoms with Crippen LogP contribution in [-0.4, -0.2) is 24.1 Å². The Hall–Kier alpha value is -1.69. The van der Waals surface area contributed by atoms with Gasteiger partial charge in [-0.1, -0.05) is 13.8 Å². The Morgan fingerprint density at radius 2 is 2.30 bits per heavy atom. The third kappa shape index (κ3) is 2.35. The zero-order valence-electron chi connectivity index (χ0n) is 11.9. The molecule has 1 N–H and O–H groups in total. The molecule has 0 aliphatic heterocycles. The van der Waals surface area contributed by atoms with E-state index in [0.717, 1.165) is 18.9 Å². The summed E-state index contributed by atoms with van der Waals surface area (Å²) >= 11 is 0. The Labute approximate surface area is 117 Å². The molecule has 1 aliphatic carbocycles. The highest BCUT2D eigenvalue weighted by Crippen LogP contribution is 2.46. The number of nitro groups is 1. The fourth-order valence-corrected chi connectivity index (χ4v) is 2.81. The van der Waals surface area contributed by atoms with Gasteiger partial charge in [0.05, 0.1) is 11.0 Å². The van der Waals surface area contributed by atoms with Crippen LogP contribution in [0.25, 0.3) is 0 Å². The number of halogens is 1. The van der Waals surface area contributed by atoms with Gasteiger partial charge in [0.15, 0.2) is 5.75 Å². The van der Waals surface area contributed by atoms with Gasteiger partial charge in [0, 0.05) is 17.9 Å². The van der Waals surface area contributed by atoms with Crippen molar-refractivity contribution < 1.29 is 14.1 Å². The molecule has 0 spiro atoms. The van der Waals surface area contributed by atoms with Crippen LogP contribution in [0.3, 0.4) is 0 Å². The molecule has 6 heteroatoms. The number of ether oxygens (including phenoxy) is 1. The van der Waals surface area contributed by atoms with Crippen LogP contribution >= 0.6 is 0 Å². The second-order valence-corrected chi connectivity index (χ2v) is 5.41. The molecule has 0 bridgehead atoms. The first-order chi connectivity index (χ1) is 9.42. The first kappa shape index (κ1) is 14.7. The van der Waals surface area contributed by atoms with Crippen LogP contribution in [0, 0.1) is 21.3 Å². The predicted octanol–water partition coefficient (Wildman–Crippen LogP) is 2.89. The Morgan fingerprint density at radius 3 is 2.85 bits per heavy atom. The first-order valence-corrected chi connectivity index (χ1v) is 6.70. The van der Waals surface area contributed by atoms with Crippen LogP contribution in [0.15, 0.2) is 18.2 Å². The Balaban J connectivity index is 2.21. The van der Waals surface area contributed by atoms with Gasteiger partial charge in [-0.05, 0) is 25.6 Å². The highest BCUT2D eigenvalue weighted by atomic mass is 19.1. The molecule has 20 heavy (non-hydrogen) atoms. The summed E-state index contributed by atoms with van der Waals surface area (Å²) in [7, 11) is 1.90. The molecular weight excluding hydrogens is 263 g/mol. The molecule has 3 unspecified atom stereocenters. The molecule has 1 aromatic rings. The van der Waals surface area contributed by atoms with E-state index in [1.807, 2.05) is 7.05 Å². The fraction of sp³-hybridized carbons (Fsp3) is 0.571. The van der Waals surface area contributed by atoms with Crippen molar-refractivity contribution in [2.45, 2.75) is 38.8 Å². The maximum atomic E-state index is 13.1. The number of hydrogen-bond acceptors (Lipinski definition) is 4. The van der Waals surface area contributed by atoms with E-state index in [2.05, 4.69) is 19.2 Å². The third-order valence-corrected chi connectivity index (χ3v) is 4.48. The van der Waals surface area contributed by atoms with Gasteiger partial charge in [0.2, 0.25) is 0 Å². The number of rotatable bonds is 5. The summed E-state index contributed by atoms with van der Waals surface area (Å²) in [4.78, 5) is 10.3. The summed E-state index contributed by atoms with van der Waals surface area (Å²) in [6.07, 6.45) is 1.59. The molecule has 0 amide bonds. The van der Waals surface area contributed by atoms with E-state index in [4.69, 9.17) is 4.74 Å². The lowest BCUT2D eigenvalue weighted by Crippen LogP contribution is -2.62. The van der Waals surface area contributed by atoms with Gasteiger partial charge in [-0.2, -0.15) is 0 Å². The van der Waals surface area contributed by atoms with E-state index in [1.165, 1.54) is 12.1 Å². The molecule has 0 aromatic heterocycles. The van der Waals surface area contributed by atoms with E-state index in [-0.39, 0.29) is 23.0 Å². The summed E-state index contributed by atoms with van der Waals surface area (Å²) in [5.74, 6) is -0.500. The van der Waals surface area contributed by atoms with Crippen LogP contribution in [0.4, 0.5) is 10.1 Å². The van der Waals surface area contributed by atoms with Crippen LogP contribution in [-0.2, 0) is 0 Å². The van der Waals surface area contributed by atoms with Crippen LogP contribution < -0.4 is 10.1 Å². The normalized spacial score (nSPS) is 28.8. The van der Waals surface area contributed by atoms with E-state index >= 15 is 0 Å². The van der Waals surface area contributed by atoms with Crippen LogP contribution in [0.5, 0.6) is 5.75 Å². The molecule has 0 radical (unpaired) electrons. The average molecular weight is 282 g/mol. The fourth-order valence-electron chi connectivity index (χ4n) is 2.81. The molecular formula is C14H19FN2O3. The zero-order chi connectivity index (χ0) is 14.9. The lowest BCUT2D eigenvalue weighted by Gasteiger charge is -2.53. The van der Waals surface area contributed by atoms with Crippen LogP contribution in [0.1, 0.15) is 26.7 Å². The van der Waals surface area contributed by atoms with Gasteiger partial charge in [-0.25, -0.2) is 4.39 Å². The lowest BCUT2D eigenvalue weighted by molar-refractivity contribution is -0.386. The molecule has 1 aliphatic rings. The van der Waals surface area contributed by atoms with Crippen molar-refractivity contribution in [2.24, 2.45) is 5.41 Å². The van der Waals surface area contributed by atoms with Crippen LogP contribution in [0.2, 0.25) is 0 Å². The minimum atomic E-state index is -0.635. The Morgan fingerprint density at radius 1 is 1.60 bits per heavy atom. The minimum absolute atomic E-state index is 0.0724. The lowest BCUT2D eigenvalue weighted by atomic mass is 9.61. The summed E-state index contributed by atoms with van der Waals surface area (Å²) in [6.45, 7) is 4.16. The molecule has 0 heterocycles. The molecule has 5 nitrogen and oxygen atoms in total. The molecule has 0 saturated heterocycles. The smallest absolute Gasteiger partial charge is 0.313 e. The van der Waals surface area contributed by atoms with Gasteiger partial charge in [0.25, 0.3) is 0 Å². The monoisotopic (exact) mass is 282 g/mol. The maximum absolute atomic E-state index is 13.1. The van der Waals surface area contributed by atoms with Gasteiger partial charge in [-0.15, -0.1) is 0 Å². The second kappa shape index (κ2) is 5.36. The molecule has 1 fully saturated rings. The Kier molecular flexibility index (Phi) is 3.94. The molecule has 1 aromatic carbocycles. The molecule has 110 valence electrons. The maximum Gasteiger partial charge on any atom is 0.313 e. The van der Waals surface area contributed by atoms with Gasteiger partial charge in [-0.3, -0.25) is 10.1 Å². The van der Waals surface area contributed by atoms with Crippen molar-refractivity contribution in [1.82, 2.24) is 5.32 Å². The van der Waals surface area contributed by atoms with Gasteiger partial charge in [0.1, 0.15) is 11.9 Å². The molecule has 3 atom stereocenters. The summed E-state index contributed by atoms with van der Waals surface area (Å²) in [5, 5.41) is 14.2. The van der Waals surface area contributed by atoms with Crippen molar-refractivity contribution in [3.63, 3.8) is 0 Å². The summed E-state index contributed by atoms with van der Waals surface area (Å²) in [5.41, 5.74) is -0.395. The predicted molar refractivity (Wildman–Crippen MR) is 73.3 cm³/mol. The number of benzene rings is 1. The first-order valence-electron chi connectivity index (χ1n) is 6.70. The van der Waals surface area contributed by atoms with E-state index in [9.17, 15) is 14.5 Å². The Bertz CT molecular complexity index is 523. The third-order valence-electron chi connectivity index (χ3n) is 4.48. The standard InChI is InChI=1S/C14H19FN2O3/c1-4-14(2)12(16-3)8-13(14)20-11-6-5-9(15)7-10(11)17(18)19/h5-7,12-13,16H,4,8H2,1-3H3. The summed E-state index contributed by atoms with van der Waals surface area (Å²) < 4.78 is 18.9. The summed E-state index contributed by atoms with van der Waals surface area (Å²) in [6, 6.07) is 3.74. The highest BCUT2D eigenvalue weighted by Gasteiger charge is 2.51. The minimum Gasteiger partial charge on any atom is -0.483 e. The average Bonchev–Trinajstić information content (AvgIpc) is 2.42. The van der Waals surface area contributed by atoms with Gasteiger partial charge < -0.3 is 10.1 Å². The topological polar surface area (TPSA) is 64.4 Å². The number of nitrogens with one attached hydrogen (secondary N) is 1. The largest absolute Gasteiger partial charge is 0.483 e. The molecule has 2 rings (SSSR count). The number of nitrogens with zero attached hydrogens (tertiary/aromatic N) is 1. The second-order valence-electron chi connectivity index (χ2n) is 5.41. The van der Waals surface area contributed by atoms with Crippen molar-refractivity contribution >= 4 is 5.69 Å². The SMILES string of the molecule is CCC1(C)C(NC)CC1Oc1ccc(F)cc1[N+](=O)[O-]. The number of hydrogen-bond donors (Lipinski definition) is 1. The van der Waals surface area contributed by atoms with Gasteiger partial charge >= 0.3 is 5.69 Å². The van der Waals surface area contributed by atoms with E-state index in [0.29, 0.717) is 6.04 Å². The van der Waals surface area contributed by atoms with Crippen molar-refractivity contribution in [2.75, 3.05) is 7.05 Å². The van der Waals surface area contributed by atoms with E-state index in [1.54, 1.807) is 0 Å².